The third kappa shape index (κ3) is 2.68. The predicted molar refractivity (Wildman–Crippen MR) is 55.0 cm³/mol. The number of carbonyl (C=O) groups excluding carboxylic acids is 1. The van der Waals surface area contributed by atoms with Crippen molar-refractivity contribution < 1.29 is 13.9 Å². The van der Waals surface area contributed by atoms with Gasteiger partial charge in [-0.05, 0) is 25.8 Å². The van der Waals surface area contributed by atoms with Crippen molar-refractivity contribution in [1.82, 2.24) is 0 Å². The van der Waals surface area contributed by atoms with Gasteiger partial charge < -0.3 is 9.15 Å². The maximum atomic E-state index is 11.6. The molecule has 1 heterocycles. The fourth-order valence-corrected chi connectivity index (χ4v) is 1.33. The molecule has 1 rings (SSSR count). The predicted octanol–water partition coefficient (Wildman–Crippen LogP) is 1.82. The van der Waals surface area contributed by atoms with E-state index in [1.54, 1.807) is 13.8 Å². The number of rotatable bonds is 3. The van der Waals surface area contributed by atoms with Gasteiger partial charge in [-0.2, -0.15) is 0 Å². The van der Waals surface area contributed by atoms with Gasteiger partial charge in [0, 0.05) is 6.07 Å². The Hall–Kier alpha value is -1.58. The molecule has 1 aromatic heterocycles. The Morgan fingerprint density at radius 2 is 2.13 bits per heavy atom. The van der Waals surface area contributed by atoms with E-state index in [9.17, 15) is 9.59 Å². The molecule has 0 amide bonds. The van der Waals surface area contributed by atoms with Crippen LogP contribution in [0, 0.1) is 13.8 Å². The summed E-state index contributed by atoms with van der Waals surface area (Å²) in [6.07, 6.45) is 0.765. The van der Waals surface area contributed by atoms with Crippen LogP contribution in [0.3, 0.4) is 0 Å². The van der Waals surface area contributed by atoms with E-state index in [1.807, 2.05) is 6.92 Å². The first-order chi connectivity index (χ1) is 7.06. The summed E-state index contributed by atoms with van der Waals surface area (Å²) in [5.74, 6) is -0.128. The number of carbonyl (C=O) groups is 1. The van der Waals surface area contributed by atoms with Crippen molar-refractivity contribution in [2.75, 3.05) is 6.61 Å². The third-order valence-electron chi connectivity index (χ3n) is 1.98. The van der Waals surface area contributed by atoms with Crippen LogP contribution in [-0.4, -0.2) is 12.6 Å². The SMILES string of the molecule is CCCOC(=O)c1c(C)cc(=O)oc1C. The summed E-state index contributed by atoms with van der Waals surface area (Å²) in [6.45, 7) is 5.55. The number of esters is 1. The molecule has 0 aromatic carbocycles. The fraction of sp³-hybridized carbons (Fsp3) is 0.455. The van der Waals surface area contributed by atoms with Crippen molar-refractivity contribution in [2.24, 2.45) is 0 Å². The van der Waals surface area contributed by atoms with Gasteiger partial charge >= 0.3 is 11.6 Å². The maximum absolute atomic E-state index is 11.6. The first-order valence-corrected chi connectivity index (χ1v) is 4.84. The third-order valence-corrected chi connectivity index (χ3v) is 1.98. The van der Waals surface area contributed by atoms with Crippen molar-refractivity contribution in [2.45, 2.75) is 27.2 Å². The summed E-state index contributed by atoms with van der Waals surface area (Å²) in [4.78, 5) is 22.6. The molecular formula is C11H14O4. The molecule has 0 N–H and O–H groups in total. The Kier molecular flexibility index (Phi) is 3.66. The van der Waals surface area contributed by atoms with Crippen molar-refractivity contribution in [3.05, 3.63) is 33.4 Å². The molecule has 15 heavy (non-hydrogen) atoms. The van der Waals surface area contributed by atoms with Gasteiger partial charge in [0.1, 0.15) is 11.3 Å². The van der Waals surface area contributed by atoms with E-state index in [4.69, 9.17) is 9.15 Å². The lowest BCUT2D eigenvalue weighted by Gasteiger charge is -2.07. The van der Waals surface area contributed by atoms with Gasteiger partial charge in [-0.3, -0.25) is 0 Å². The second kappa shape index (κ2) is 4.77. The van der Waals surface area contributed by atoms with Crippen molar-refractivity contribution >= 4 is 5.97 Å². The van der Waals surface area contributed by atoms with Crippen LogP contribution in [0.5, 0.6) is 0 Å². The van der Waals surface area contributed by atoms with Crippen molar-refractivity contribution in [3.8, 4) is 0 Å². The second-order valence-electron chi connectivity index (χ2n) is 3.32. The van der Waals surface area contributed by atoms with Gasteiger partial charge in [-0.1, -0.05) is 6.92 Å². The van der Waals surface area contributed by atoms with Gasteiger partial charge in [0.25, 0.3) is 0 Å². The first kappa shape index (κ1) is 11.5. The van der Waals surface area contributed by atoms with Crippen LogP contribution < -0.4 is 5.63 Å². The van der Waals surface area contributed by atoms with E-state index < -0.39 is 11.6 Å². The highest BCUT2D eigenvalue weighted by atomic mass is 16.5. The first-order valence-electron chi connectivity index (χ1n) is 4.84. The Bertz CT molecular complexity index is 391. The monoisotopic (exact) mass is 210 g/mol. The molecule has 0 atom stereocenters. The lowest BCUT2D eigenvalue weighted by molar-refractivity contribution is 0.0499. The lowest BCUT2D eigenvalue weighted by Crippen LogP contribution is -2.13. The lowest BCUT2D eigenvalue weighted by atomic mass is 10.1. The minimum absolute atomic E-state index is 0.307. The molecule has 82 valence electrons. The van der Waals surface area contributed by atoms with Crippen LogP contribution in [0.2, 0.25) is 0 Å². The molecule has 0 unspecified atom stereocenters. The largest absolute Gasteiger partial charge is 0.462 e. The zero-order valence-corrected chi connectivity index (χ0v) is 9.12. The Labute approximate surface area is 87.9 Å². The molecule has 1 aromatic rings. The molecule has 0 radical (unpaired) electrons. The van der Waals surface area contributed by atoms with Crippen molar-refractivity contribution in [1.29, 1.82) is 0 Å². The molecule has 0 spiro atoms. The molecule has 0 aliphatic rings. The summed E-state index contributed by atoms with van der Waals surface area (Å²) in [6, 6.07) is 1.29. The van der Waals surface area contributed by atoms with E-state index in [2.05, 4.69) is 0 Å². The van der Waals surface area contributed by atoms with E-state index in [-0.39, 0.29) is 0 Å². The molecule has 0 fully saturated rings. The highest BCUT2D eigenvalue weighted by molar-refractivity contribution is 5.91. The summed E-state index contributed by atoms with van der Waals surface area (Å²) in [5, 5.41) is 0. The molecule has 4 nitrogen and oxygen atoms in total. The number of hydrogen-bond acceptors (Lipinski definition) is 4. The van der Waals surface area contributed by atoms with Crippen molar-refractivity contribution in [3.63, 3.8) is 0 Å². The molecule has 0 aliphatic heterocycles. The van der Waals surface area contributed by atoms with Crippen LogP contribution in [0.4, 0.5) is 0 Å². The second-order valence-corrected chi connectivity index (χ2v) is 3.32. The minimum atomic E-state index is -0.447. The molecule has 0 bridgehead atoms. The summed E-state index contributed by atoms with van der Waals surface area (Å²) in [5.41, 5.74) is 0.491. The van der Waals surface area contributed by atoms with Crippen LogP contribution in [0.25, 0.3) is 0 Å². The number of hydrogen-bond donors (Lipinski definition) is 0. The zero-order chi connectivity index (χ0) is 11.4. The maximum Gasteiger partial charge on any atom is 0.341 e. The van der Waals surface area contributed by atoms with Gasteiger partial charge in [-0.15, -0.1) is 0 Å². The Balaban J connectivity index is 3.03. The van der Waals surface area contributed by atoms with Crippen LogP contribution in [-0.2, 0) is 4.74 Å². The fourth-order valence-electron chi connectivity index (χ4n) is 1.33. The smallest absolute Gasteiger partial charge is 0.341 e. The minimum Gasteiger partial charge on any atom is -0.462 e. The Morgan fingerprint density at radius 1 is 1.47 bits per heavy atom. The summed E-state index contributed by atoms with van der Waals surface area (Å²) >= 11 is 0. The average molecular weight is 210 g/mol. The molecular weight excluding hydrogens is 196 g/mol. The van der Waals surface area contributed by atoms with Gasteiger partial charge in [0.05, 0.1) is 6.61 Å². The van der Waals surface area contributed by atoms with Gasteiger partial charge in [0.2, 0.25) is 0 Å². The highest BCUT2D eigenvalue weighted by Crippen LogP contribution is 2.12. The van der Waals surface area contributed by atoms with E-state index >= 15 is 0 Å². The normalized spacial score (nSPS) is 10.1. The molecule has 0 aliphatic carbocycles. The average Bonchev–Trinajstić information content (AvgIpc) is 2.12. The van der Waals surface area contributed by atoms with E-state index in [1.165, 1.54) is 6.07 Å². The summed E-state index contributed by atoms with van der Waals surface area (Å²) in [7, 11) is 0. The van der Waals surface area contributed by atoms with E-state index in [0.717, 1.165) is 6.42 Å². The number of aryl methyl sites for hydroxylation is 2. The molecule has 0 saturated heterocycles. The zero-order valence-electron chi connectivity index (χ0n) is 9.12. The van der Waals surface area contributed by atoms with Gasteiger partial charge in [0.15, 0.2) is 0 Å². The topological polar surface area (TPSA) is 56.5 Å². The van der Waals surface area contributed by atoms with Crippen LogP contribution in [0.1, 0.15) is 35.0 Å². The standard InChI is InChI=1S/C11H14O4/c1-4-5-14-11(13)10-7(2)6-9(12)15-8(10)3/h6H,4-5H2,1-3H3. The number of ether oxygens (including phenoxy) is 1. The summed E-state index contributed by atoms with van der Waals surface area (Å²) < 4.78 is 9.81. The van der Waals surface area contributed by atoms with Gasteiger partial charge in [-0.25, -0.2) is 9.59 Å². The quantitative estimate of drug-likeness (QED) is 0.714. The Morgan fingerprint density at radius 3 is 2.67 bits per heavy atom. The van der Waals surface area contributed by atoms with Crippen LogP contribution >= 0.6 is 0 Å². The molecule has 0 saturated carbocycles. The van der Waals surface area contributed by atoms with E-state index in [0.29, 0.717) is 23.5 Å². The molecule has 4 heteroatoms. The highest BCUT2D eigenvalue weighted by Gasteiger charge is 2.15. The van der Waals surface area contributed by atoms with Crippen LogP contribution in [0.15, 0.2) is 15.3 Å².